The molecule has 0 radical (unpaired) electrons. The van der Waals surface area contributed by atoms with E-state index in [9.17, 15) is 4.79 Å². The third kappa shape index (κ3) is 9.47. The van der Waals surface area contributed by atoms with Gasteiger partial charge in [-0.2, -0.15) is 0 Å². The van der Waals surface area contributed by atoms with E-state index in [0.29, 0.717) is 5.96 Å². The van der Waals surface area contributed by atoms with Crippen molar-refractivity contribution in [3.8, 4) is 0 Å². The van der Waals surface area contributed by atoms with Crippen LogP contribution in [0.3, 0.4) is 0 Å². The molecule has 28 heavy (non-hydrogen) atoms. The summed E-state index contributed by atoms with van der Waals surface area (Å²) < 4.78 is 5.59. The van der Waals surface area contributed by atoms with Gasteiger partial charge in [-0.3, -0.25) is 4.79 Å². The van der Waals surface area contributed by atoms with Gasteiger partial charge in [0.1, 0.15) is 6.54 Å². The maximum atomic E-state index is 11.9. The lowest BCUT2D eigenvalue weighted by Crippen LogP contribution is -2.42. The van der Waals surface area contributed by atoms with Crippen LogP contribution in [0.5, 0.6) is 0 Å². The molecular weight excluding hydrogens is 487 g/mol. The molecule has 0 spiro atoms. The van der Waals surface area contributed by atoms with Crippen LogP contribution in [0.25, 0.3) is 0 Å². The molecule has 1 saturated carbocycles. The van der Waals surface area contributed by atoms with Gasteiger partial charge in [0.25, 0.3) is 0 Å². The summed E-state index contributed by atoms with van der Waals surface area (Å²) in [6, 6.07) is 10.5. The molecule has 0 bridgehead atoms. The molecule has 8 heteroatoms. The second kappa shape index (κ2) is 13.3. The molecule has 1 amide bonds. The highest BCUT2D eigenvalue weighted by molar-refractivity contribution is 14.0. The van der Waals surface area contributed by atoms with Gasteiger partial charge >= 0.3 is 0 Å². The molecule has 1 aliphatic carbocycles. The van der Waals surface area contributed by atoms with Crippen LogP contribution in [0, 0.1) is 0 Å². The standard InChI is InChI=1S/C20H32N4O2S.HI/c1-4-26-14-8-13-21-19(22-15-18(25)24(2)3)23-16-20(11-12-20)27-17-9-6-5-7-10-17;/h5-7,9-10H,4,8,11-16H2,1-3H3,(H2,21,22,23);1H. The number of nitrogens with zero attached hydrogens (tertiary/aromatic N) is 2. The molecular formula is C20H33IN4O2S. The lowest BCUT2D eigenvalue weighted by molar-refractivity contribution is -0.127. The van der Waals surface area contributed by atoms with E-state index in [1.807, 2.05) is 24.8 Å². The summed E-state index contributed by atoms with van der Waals surface area (Å²) in [4.78, 5) is 19.2. The average molecular weight is 520 g/mol. The molecule has 0 unspecified atom stereocenters. The third-order valence-electron chi connectivity index (χ3n) is 4.30. The predicted octanol–water partition coefficient (Wildman–Crippen LogP) is 2.98. The Hall–Kier alpha value is -1.000. The quantitative estimate of drug-likeness (QED) is 0.203. The fourth-order valence-corrected chi connectivity index (χ4v) is 3.67. The molecule has 0 atom stereocenters. The maximum Gasteiger partial charge on any atom is 0.243 e. The molecule has 0 saturated heterocycles. The number of hydrogen-bond acceptors (Lipinski definition) is 4. The molecule has 2 N–H and O–H groups in total. The topological polar surface area (TPSA) is 66.0 Å². The van der Waals surface area contributed by atoms with Gasteiger partial charge < -0.3 is 20.3 Å². The van der Waals surface area contributed by atoms with Crippen molar-refractivity contribution in [1.29, 1.82) is 0 Å². The molecule has 0 aliphatic heterocycles. The highest BCUT2D eigenvalue weighted by Gasteiger charge is 2.43. The number of carbonyl (C=O) groups excluding carboxylic acids is 1. The Labute approximate surface area is 190 Å². The minimum absolute atomic E-state index is 0. The summed E-state index contributed by atoms with van der Waals surface area (Å²) in [6.45, 7) is 5.19. The fourth-order valence-electron chi connectivity index (χ4n) is 2.43. The van der Waals surface area contributed by atoms with Gasteiger partial charge in [-0.1, -0.05) is 18.2 Å². The number of carbonyl (C=O) groups is 1. The first-order valence-electron chi connectivity index (χ1n) is 9.59. The van der Waals surface area contributed by atoms with Crippen LogP contribution in [-0.4, -0.2) is 68.5 Å². The van der Waals surface area contributed by atoms with Gasteiger partial charge in [-0.05, 0) is 38.3 Å². The molecule has 1 aliphatic rings. The van der Waals surface area contributed by atoms with Crippen LogP contribution >= 0.6 is 35.7 Å². The lowest BCUT2D eigenvalue weighted by Gasteiger charge is -2.19. The number of rotatable bonds is 11. The summed E-state index contributed by atoms with van der Waals surface area (Å²) in [5.41, 5.74) is 0. The van der Waals surface area contributed by atoms with Crippen LogP contribution in [0.4, 0.5) is 0 Å². The normalized spacial score (nSPS) is 14.8. The number of aliphatic imine (C=N–C) groups is 1. The van der Waals surface area contributed by atoms with E-state index in [2.05, 4.69) is 39.9 Å². The number of benzene rings is 1. The molecule has 0 heterocycles. The fraction of sp³-hybridized carbons (Fsp3) is 0.600. The Kier molecular flexibility index (Phi) is 11.9. The zero-order chi connectivity index (χ0) is 19.5. The zero-order valence-electron chi connectivity index (χ0n) is 17.1. The lowest BCUT2D eigenvalue weighted by atomic mass is 10.4. The summed E-state index contributed by atoms with van der Waals surface area (Å²) >= 11 is 1.92. The van der Waals surface area contributed by atoms with E-state index in [4.69, 9.17) is 4.74 Å². The summed E-state index contributed by atoms with van der Waals surface area (Å²) in [5.74, 6) is 0.687. The van der Waals surface area contributed by atoms with E-state index < -0.39 is 0 Å². The van der Waals surface area contributed by atoms with Crippen LogP contribution in [0.15, 0.2) is 40.2 Å². The number of likely N-dealkylation sites (N-methyl/N-ethyl adjacent to an activating group) is 1. The first kappa shape index (κ1) is 25.0. The number of halogens is 1. The molecule has 6 nitrogen and oxygen atoms in total. The van der Waals surface area contributed by atoms with E-state index >= 15 is 0 Å². The number of ether oxygens (including phenoxy) is 1. The molecule has 1 aromatic rings. The van der Waals surface area contributed by atoms with Crippen molar-refractivity contribution in [3.63, 3.8) is 0 Å². The monoisotopic (exact) mass is 520 g/mol. The Morgan fingerprint density at radius 3 is 2.57 bits per heavy atom. The van der Waals surface area contributed by atoms with Crippen molar-refractivity contribution in [2.24, 2.45) is 4.99 Å². The van der Waals surface area contributed by atoms with Crippen molar-refractivity contribution in [2.75, 3.05) is 46.9 Å². The Morgan fingerprint density at radius 1 is 1.25 bits per heavy atom. The first-order chi connectivity index (χ1) is 13.0. The van der Waals surface area contributed by atoms with E-state index in [1.54, 1.807) is 19.0 Å². The van der Waals surface area contributed by atoms with Gasteiger partial charge in [0.15, 0.2) is 5.96 Å². The molecule has 1 fully saturated rings. The molecule has 0 aromatic heterocycles. The van der Waals surface area contributed by atoms with Crippen LogP contribution < -0.4 is 10.6 Å². The van der Waals surface area contributed by atoms with E-state index in [0.717, 1.165) is 32.7 Å². The van der Waals surface area contributed by atoms with Gasteiger partial charge in [0, 0.05) is 50.0 Å². The zero-order valence-corrected chi connectivity index (χ0v) is 20.2. The largest absolute Gasteiger partial charge is 0.382 e. The Morgan fingerprint density at radius 2 is 1.96 bits per heavy atom. The number of guanidine groups is 1. The predicted molar refractivity (Wildman–Crippen MR) is 128 cm³/mol. The second-order valence-electron chi connectivity index (χ2n) is 6.88. The minimum Gasteiger partial charge on any atom is -0.382 e. The van der Waals surface area contributed by atoms with Crippen molar-refractivity contribution in [2.45, 2.75) is 35.8 Å². The average Bonchev–Trinajstić information content (AvgIpc) is 3.43. The Balaban J connectivity index is 0.00000392. The van der Waals surface area contributed by atoms with Crippen molar-refractivity contribution in [3.05, 3.63) is 30.3 Å². The maximum absolute atomic E-state index is 11.9. The summed E-state index contributed by atoms with van der Waals surface area (Å²) in [7, 11) is 3.49. The smallest absolute Gasteiger partial charge is 0.243 e. The number of thioether (sulfide) groups is 1. The van der Waals surface area contributed by atoms with Crippen molar-refractivity contribution in [1.82, 2.24) is 15.5 Å². The van der Waals surface area contributed by atoms with Crippen LogP contribution in [0.1, 0.15) is 26.2 Å². The number of nitrogens with one attached hydrogen (secondary N) is 2. The molecule has 1 aromatic carbocycles. The van der Waals surface area contributed by atoms with Crippen LogP contribution in [-0.2, 0) is 9.53 Å². The molecule has 2 rings (SSSR count). The SMILES string of the molecule is CCOCCCNC(=NCC(=O)N(C)C)NCC1(Sc2ccccc2)CC1.I. The minimum atomic E-state index is -0.00906. The first-order valence-corrected chi connectivity index (χ1v) is 10.4. The second-order valence-corrected chi connectivity index (χ2v) is 8.42. The molecule has 158 valence electrons. The van der Waals surface area contributed by atoms with Gasteiger partial charge in [-0.15, -0.1) is 35.7 Å². The highest BCUT2D eigenvalue weighted by atomic mass is 127. The number of hydrogen-bond donors (Lipinski definition) is 2. The van der Waals surface area contributed by atoms with Gasteiger partial charge in [0.2, 0.25) is 5.91 Å². The van der Waals surface area contributed by atoms with Crippen molar-refractivity contribution >= 4 is 47.6 Å². The van der Waals surface area contributed by atoms with E-state index in [1.165, 1.54) is 17.7 Å². The Bertz CT molecular complexity index is 609. The highest BCUT2D eigenvalue weighted by Crippen LogP contribution is 2.51. The summed E-state index contributed by atoms with van der Waals surface area (Å²) in [5, 5.41) is 6.75. The number of amides is 1. The van der Waals surface area contributed by atoms with E-state index in [-0.39, 0.29) is 41.2 Å². The third-order valence-corrected chi connectivity index (χ3v) is 5.79. The van der Waals surface area contributed by atoms with Crippen molar-refractivity contribution < 1.29 is 9.53 Å². The summed E-state index contributed by atoms with van der Waals surface area (Å²) in [6.07, 6.45) is 3.28. The van der Waals surface area contributed by atoms with Crippen LogP contribution in [0.2, 0.25) is 0 Å². The van der Waals surface area contributed by atoms with Gasteiger partial charge in [0.05, 0.1) is 0 Å². The van der Waals surface area contributed by atoms with Gasteiger partial charge in [-0.25, -0.2) is 4.99 Å².